The summed E-state index contributed by atoms with van der Waals surface area (Å²) in [6.45, 7) is 3.92. The van der Waals surface area contributed by atoms with Gasteiger partial charge in [0.25, 0.3) is 11.8 Å². The lowest BCUT2D eigenvalue weighted by atomic mass is 10.2. The normalized spacial score (nSPS) is 14.2. The zero-order chi connectivity index (χ0) is 16.0. The standard InChI is InChI=1S/C16H15N3O2S2/c1-8-5-6-22-13(8)14(20)17-11-7-12(23-9(11)2)16-19-18-15(21-16)10-3-4-10/h5-7,10H,3-4H2,1-2H3,(H,17,20). The number of hydrogen-bond donors (Lipinski definition) is 1. The average molecular weight is 345 g/mol. The van der Waals surface area contributed by atoms with Crippen molar-refractivity contribution >= 4 is 34.3 Å². The van der Waals surface area contributed by atoms with Gasteiger partial charge in [0.05, 0.1) is 15.4 Å². The number of amides is 1. The van der Waals surface area contributed by atoms with Gasteiger partial charge < -0.3 is 9.73 Å². The highest BCUT2D eigenvalue weighted by Gasteiger charge is 2.30. The molecule has 3 aromatic rings. The minimum absolute atomic E-state index is 0.0749. The number of hydrogen-bond acceptors (Lipinski definition) is 6. The summed E-state index contributed by atoms with van der Waals surface area (Å²) in [6, 6.07) is 3.86. The third-order valence-electron chi connectivity index (χ3n) is 3.81. The number of rotatable bonds is 4. The number of carbonyl (C=O) groups excluding carboxylic acids is 1. The van der Waals surface area contributed by atoms with Crippen molar-refractivity contribution in [3.63, 3.8) is 0 Å². The van der Waals surface area contributed by atoms with Crippen molar-refractivity contribution in [2.24, 2.45) is 0 Å². The van der Waals surface area contributed by atoms with Crippen LogP contribution in [0.15, 0.2) is 21.9 Å². The maximum absolute atomic E-state index is 12.3. The number of nitrogens with zero attached hydrogens (tertiary/aromatic N) is 2. The van der Waals surface area contributed by atoms with Gasteiger partial charge in [-0.25, -0.2) is 0 Å². The van der Waals surface area contributed by atoms with Gasteiger partial charge in [-0.1, -0.05) is 0 Å². The first kappa shape index (κ1) is 14.6. The molecule has 118 valence electrons. The van der Waals surface area contributed by atoms with E-state index in [1.165, 1.54) is 11.3 Å². The molecule has 1 N–H and O–H groups in total. The Morgan fingerprint density at radius 2 is 2.17 bits per heavy atom. The van der Waals surface area contributed by atoms with Crippen LogP contribution in [-0.2, 0) is 0 Å². The summed E-state index contributed by atoms with van der Waals surface area (Å²) in [6.07, 6.45) is 2.26. The van der Waals surface area contributed by atoms with Crippen LogP contribution in [0.4, 0.5) is 5.69 Å². The van der Waals surface area contributed by atoms with Crippen LogP contribution in [0.1, 0.15) is 44.8 Å². The van der Waals surface area contributed by atoms with Gasteiger partial charge in [-0.2, -0.15) is 0 Å². The number of aryl methyl sites for hydroxylation is 2. The van der Waals surface area contributed by atoms with E-state index in [4.69, 9.17) is 4.42 Å². The first-order valence-corrected chi connectivity index (χ1v) is 9.11. The van der Waals surface area contributed by atoms with E-state index in [1.54, 1.807) is 11.3 Å². The van der Waals surface area contributed by atoms with Gasteiger partial charge in [-0.15, -0.1) is 32.9 Å². The van der Waals surface area contributed by atoms with E-state index in [1.807, 2.05) is 31.4 Å². The van der Waals surface area contributed by atoms with Gasteiger partial charge in [0.15, 0.2) is 0 Å². The van der Waals surface area contributed by atoms with E-state index >= 15 is 0 Å². The molecule has 0 atom stereocenters. The highest BCUT2D eigenvalue weighted by Crippen LogP contribution is 2.41. The maximum Gasteiger partial charge on any atom is 0.266 e. The Morgan fingerprint density at radius 3 is 2.87 bits per heavy atom. The van der Waals surface area contributed by atoms with Crippen molar-refractivity contribution in [2.75, 3.05) is 5.32 Å². The summed E-state index contributed by atoms with van der Waals surface area (Å²) in [5, 5.41) is 13.1. The third-order valence-corrected chi connectivity index (χ3v) is 5.87. The highest BCUT2D eigenvalue weighted by molar-refractivity contribution is 7.16. The lowest BCUT2D eigenvalue weighted by molar-refractivity contribution is 0.103. The molecule has 0 radical (unpaired) electrons. The molecule has 1 amide bonds. The van der Waals surface area contributed by atoms with Gasteiger partial charge in [0.1, 0.15) is 0 Å². The highest BCUT2D eigenvalue weighted by atomic mass is 32.1. The average Bonchev–Trinajstić information content (AvgIpc) is 2.94. The zero-order valence-corrected chi connectivity index (χ0v) is 14.4. The zero-order valence-electron chi connectivity index (χ0n) is 12.8. The summed E-state index contributed by atoms with van der Waals surface area (Å²) in [5.74, 6) is 1.63. The van der Waals surface area contributed by atoms with E-state index in [2.05, 4.69) is 15.5 Å². The summed E-state index contributed by atoms with van der Waals surface area (Å²) in [7, 11) is 0. The summed E-state index contributed by atoms with van der Waals surface area (Å²) in [5.41, 5.74) is 1.79. The number of aromatic nitrogens is 2. The molecule has 0 aliphatic heterocycles. The Kier molecular flexibility index (Phi) is 3.54. The fourth-order valence-corrected chi connectivity index (χ4v) is 4.04. The van der Waals surface area contributed by atoms with E-state index < -0.39 is 0 Å². The molecule has 3 heterocycles. The molecule has 7 heteroatoms. The van der Waals surface area contributed by atoms with E-state index in [-0.39, 0.29) is 5.91 Å². The fraction of sp³-hybridized carbons (Fsp3) is 0.312. The van der Waals surface area contributed by atoms with Gasteiger partial charge >= 0.3 is 0 Å². The van der Waals surface area contributed by atoms with Crippen LogP contribution in [0.3, 0.4) is 0 Å². The molecule has 0 bridgehead atoms. The Hall–Kier alpha value is -1.99. The molecule has 1 saturated carbocycles. The van der Waals surface area contributed by atoms with Gasteiger partial charge in [0.2, 0.25) is 5.89 Å². The minimum Gasteiger partial charge on any atom is -0.420 e. The molecular formula is C16H15N3O2S2. The Morgan fingerprint density at radius 1 is 1.35 bits per heavy atom. The second-order valence-corrected chi connectivity index (χ2v) is 7.86. The molecule has 0 aromatic carbocycles. The van der Waals surface area contributed by atoms with Crippen molar-refractivity contribution < 1.29 is 9.21 Å². The van der Waals surface area contributed by atoms with Crippen LogP contribution in [0, 0.1) is 13.8 Å². The van der Waals surface area contributed by atoms with E-state index in [0.29, 0.717) is 11.8 Å². The molecule has 1 aliphatic rings. The fourth-order valence-electron chi connectivity index (χ4n) is 2.33. The van der Waals surface area contributed by atoms with Crippen molar-refractivity contribution in [1.82, 2.24) is 10.2 Å². The summed E-state index contributed by atoms with van der Waals surface area (Å²) < 4.78 is 5.74. The predicted molar refractivity (Wildman–Crippen MR) is 91.3 cm³/mol. The molecule has 1 fully saturated rings. The first-order valence-electron chi connectivity index (χ1n) is 7.41. The molecule has 0 unspecified atom stereocenters. The van der Waals surface area contributed by atoms with Gasteiger partial charge in [-0.05, 0) is 49.8 Å². The molecule has 1 aliphatic carbocycles. The van der Waals surface area contributed by atoms with Crippen LogP contribution in [-0.4, -0.2) is 16.1 Å². The number of thiophene rings is 2. The minimum atomic E-state index is -0.0749. The third kappa shape index (κ3) is 2.82. The molecule has 0 saturated heterocycles. The quantitative estimate of drug-likeness (QED) is 0.750. The number of anilines is 1. The first-order chi connectivity index (χ1) is 11.1. The van der Waals surface area contributed by atoms with Crippen LogP contribution in [0.5, 0.6) is 0 Å². The Labute approximate surface area is 141 Å². The maximum atomic E-state index is 12.3. The molecule has 3 aromatic heterocycles. The van der Waals surface area contributed by atoms with Gasteiger partial charge in [-0.3, -0.25) is 4.79 Å². The summed E-state index contributed by atoms with van der Waals surface area (Å²) >= 11 is 3.00. The predicted octanol–water partition coefficient (Wildman–Crippen LogP) is 4.61. The van der Waals surface area contributed by atoms with Crippen LogP contribution in [0.25, 0.3) is 10.8 Å². The van der Waals surface area contributed by atoms with Crippen molar-refractivity contribution in [1.29, 1.82) is 0 Å². The molecule has 4 rings (SSSR count). The van der Waals surface area contributed by atoms with E-state index in [9.17, 15) is 4.79 Å². The number of nitrogens with one attached hydrogen (secondary N) is 1. The molecule has 5 nitrogen and oxygen atoms in total. The lowest BCUT2D eigenvalue weighted by Gasteiger charge is -2.03. The van der Waals surface area contributed by atoms with Crippen LogP contribution in [0.2, 0.25) is 0 Å². The lowest BCUT2D eigenvalue weighted by Crippen LogP contribution is -2.11. The molecule has 23 heavy (non-hydrogen) atoms. The van der Waals surface area contributed by atoms with E-state index in [0.717, 1.165) is 44.6 Å². The van der Waals surface area contributed by atoms with Crippen molar-refractivity contribution in [2.45, 2.75) is 32.6 Å². The Bertz CT molecular complexity index is 874. The molecular weight excluding hydrogens is 330 g/mol. The Balaban J connectivity index is 1.56. The smallest absolute Gasteiger partial charge is 0.266 e. The largest absolute Gasteiger partial charge is 0.420 e. The van der Waals surface area contributed by atoms with Crippen LogP contribution < -0.4 is 5.32 Å². The summed E-state index contributed by atoms with van der Waals surface area (Å²) in [4.78, 5) is 15.0. The topological polar surface area (TPSA) is 68.0 Å². The SMILES string of the molecule is Cc1ccsc1C(=O)Nc1cc(-c2nnc(C3CC3)o2)sc1C. The second-order valence-electron chi connectivity index (χ2n) is 5.69. The monoisotopic (exact) mass is 345 g/mol. The number of carbonyl (C=O) groups is 1. The van der Waals surface area contributed by atoms with Crippen molar-refractivity contribution in [3.8, 4) is 10.8 Å². The van der Waals surface area contributed by atoms with Gasteiger partial charge in [0, 0.05) is 10.8 Å². The molecule has 0 spiro atoms. The second kappa shape index (κ2) is 5.58. The van der Waals surface area contributed by atoms with Crippen LogP contribution >= 0.6 is 22.7 Å². The van der Waals surface area contributed by atoms with Crippen molar-refractivity contribution in [3.05, 3.63) is 38.7 Å².